The Morgan fingerprint density at radius 1 is 1.32 bits per heavy atom. The van der Waals surface area contributed by atoms with Crippen molar-refractivity contribution in [2.75, 3.05) is 6.54 Å². The first kappa shape index (κ1) is 12.7. The molecule has 3 heteroatoms. The highest BCUT2D eigenvalue weighted by atomic mass is 16.3. The van der Waals surface area contributed by atoms with Crippen LogP contribution in [0.5, 0.6) is 5.75 Å². The molecule has 3 nitrogen and oxygen atoms in total. The highest BCUT2D eigenvalue weighted by Gasteiger charge is 2.48. The van der Waals surface area contributed by atoms with Gasteiger partial charge in [0.05, 0.1) is 6.04 Å². The lowest BCUT2D eigenvalue weighted by Crippen LogP contribution is -2.43. The number of fused-ring (bicyclic) bond motifs is 1. The fraction of sp³-hybridized carbons (Fsp3) is 0.562. The minimum absolute atomic E-state index is 0.0349. The fourth-order valence-electron chi connectivity index (χ4n) is 4.21. The van der Waals surface area contributed by atoms with Crippen LogP contribution in [0.15, 0.2) is 24.3 Å². The molecule has 19 heavy (non-hydrogen) atoms. The van der Waals surface area contributed by atoms with Crippen LogP contribution in [0.1, 0.15) is 37.7 Å². The van der Waals surface area contributed by atoms with Gasteiger partial charge in [-0.15, -0.1) is 0 Å². The average molecular weight is 259 g/mol. The van der Waals surface area contributed by atoms with Gasteiger partial charge in [0.15, 0.2) is 0 Å². The smallest absolute Gasteiger partial charge is 0.137 e. The molecule has 0 aromatic heterocycles. The second-order valence-electron chi connectivity index (χ2n) is 5.92. The molecular weight excluding hydrogens is 238 g/mol. The molecule has 0 bridgehead atoms. The number of aromatic hydroxyl groups is 1. The monoisotopic (exact) mass is 259 g/mol. The lowest BCUT2D eigenvalue weighted by molar-refractivity contribution is -0.111. The first-order chi connectivity index (χ1) is 9.26. The van der Waals surface area contributed by atoms with E-state index in [1.54, 1.807) is 6.07 Å². The molecule has 102 valence electrons. The number of rotatable bonds is 2. The summed E-state index contributed by atoms with van der Waals surface area (Å²) in [4.78, 5) is 11.4. The van der Waals surface area contributed by atoms with Crippen molar-refractivity contribution in [2.45, 2.75) is 43.6 Å². The first-order valence-electron chi connectivity index (χ1n) is 7.24. The standard InChI is InChI=1S/C16H21NO2/c18-11-15-14-6-2-7-16(14,8-3-9-17-15)12-4-1-5-13(19)10-12/h1,4-5,10-11,14-15,17,19H,2-3,6-9H2. The van der Waals surface area contributed by atoms with Crippen LogP contribution in [-0.2, 0) is 10.2 Å². The third-order valence-corrected chi connectivity index (χ3v) is 5.03. The zero-order valence-electron chi connectivity index (χ0n) is 11.1. The Kier molecular flexibility index (Phi) is 3.31. The molecule has 2 N–H and O–H groups in total. The summed E-state index contributed by atoms with van der Waals surface area (Å²) in [5.74, 6) is 0.701. The van der Waals surface area contributed by atoms with E-state index in [1.165, 1.54) is 12.0 Å². The number of carbonyl (C=O) groups is 1. The summed E-state index contributed by atoms with van der Waals surface area (Å²) in [6, 6.07) is 7.61. The topological polar surface area (TPSA) is 49.3 Å². The number of carbonyl (C=O) groups excluding carboxylic acids is 1. The number of aldehydes is 1. The Balaban J connectivity index is 2.05. The predicted molar refractivity (Wildman–Crippen MR) is 74.2 cm³/mol. The molecule has 0 spiro atoms. The Labute approximate surface area is 114 Å². The van der Waals surface area contributed by atoms with Crippen molar-refractivity contribution in [3.05, 3.63) is 29.8 Å². The van der Waals surface area contributed by atoms with Crippen molar-refractivity contribution in [1.82, 2.24) is 5.32 Å². The molecule has 1 aromatic rings. The van der Waals surface area contributed by atoms with Crippen molar-refractivity contribution in [3.63, 3.8) is 0 Å². The molecule has 1 aliphatic carbocycles. The van der Waals surface area contributed by atoms with Crippen molar-refractivity contribution in [1.29, 1.82) is 0 Å². The van der Waals surface area contributed by atoms with Gasteiger partial charge in [-0.1, -0.05) is 18.6 Å². The second-order valence-corrected chi connectivity index (χ2v) is 5.92. The van der Waals surface area contributed by atoms with Crippen LogP contribution < -0.4 is 5.32 Å². The van der Waals surface area contributed by atoms with E-state index >= 15 is 0 Å². The van der Waals surface area contributed by atoms with Crippen molar-refractivity contribution >= 4 is 6.29 Å². The summed E-state index contributed by atoms with van der Waals surface area (Å²) in [6.07, 6.45) is 6.69. The number of nitrogens with one attached hydrogen (secondary N) is 1. The molecule has 1 aliphatic heterocycles. The molecule has 3 atom stereocenters. The van der Waals surface area contributed by atoms with Gasteiger partial charge in [-0.3, -0.25) is 0 Å². The number of phenolic OH excluding ortho intramolecular Hbond substituents is 1. The van der Waals surface area contributed by atoms with E-state index in [-0.39, 0.29) is 11.5 Å². The van der Waals surface area contributed by atoms with Crippen LogP contribution in [0.4, 0.5) is 0 Å². The van der Waals surface area contributed by atoms with Gasteiger partial charge in [0.25, 0.3) is 0 Å². The molecule has 3 rings (SSSR count). The van der Waals surface area contributed by atoms with Gasteiger partial charge < -0.3 is 15.2 Å². The number of hydrogen-bond donors (Lipinski definition) is 2. The zero-order valence-corrected chi connectivity index (χ0v) is 11.1. The van der Waals surface area contributed by atoms with Crippen LogP contribution >= 0.6 is 0 Å². The maximum atomic E-state index is 11.4. The third kappa shape index (κ3) is 2.06. The van der Waals surface area contributed by atoms with E-state index < -0.39 is 0 Å². The maximum absolute atomic E-state index is 11.4. The van der Waals surface area contributed by atoms with Crippen LogP contribution in [0.2, 0.25) is 0 Å². The summed E-state index contributed by atoms with van der Waals surface area (Å²) in [5.41, 5.74) is 1.29. The summed E-state index contributed by atoms with van der Waals surface area (Å²) < 4.78 is 0. The van der Waals surface area contributed by atoms with Crippen molar-refractivity contribution < 1.29 is 9.90 Å². The van der Waals surface area contributed by atoms with Crippen LogP contribution in [0, 0.1) is 5.92 Å². The summed E-state index contributed by atoms with van der Waals surface area (Å²) in [7, 11) is 0. The fourth-order valence-corrected chi connectivity index (χ4v) is 4.21. The molecule has 1 saturated heterocycles. The maximum Gasteiger partial charge on any atom is 0.137 e. The van der Waals surface area contributed by atoms with Crippen LogP contribution in [-0.4, -0.2) is 24.0 Å². The van der Waals surface area contributed by atoms with Gasteiger partial charge in [0.2, 0.25) is 0 Å². The van der Waals surface area contributed by atoms with E-state index in [4.69, 9.17) is 0 Å². The normalized spacial score (nSPS) is 34.5. The van der Waals surface area contributed by atoms with Gasteiger partial charge in [-0.05, 0) is 55.8 Å². The molecule has 3 unspecified atom stereocenters. The molecule has 2 aliphatic rings. The molecular formula is C16H21NO2. The van der Waals surface area contributed by atoms with E-state index in [9.17, 15) is 9.90 Å². The summed E-state index contributed by atoms with van der Waals surface area (Å²) >= 11 is 0. The van der Waals surface area contributed by atoms with Gasteiger partial charge in [-0.25, -0.2) is 0 Å². The highest BCUT2D eigenvalue weighted by Crippen LogP contribution is 2.51. The molecule has 1 heterocycles. The van der Waals surface area contributed by atoms with E-state index in [1.807, 2.05) is 12.1 Å². The molecule has 2 fully saturated rings. The Morgan fingerprint density at radius 2 is 2.16 bits per heavy atom. The third-order valence-electron chi connectivity index (χ3n) is 5.03. The van der Waals surface area contributed by atoms with Crippen molar-refractivity contribution in [3.8, 4) is 5.75 Å². The largest absolute Gasteiger partial charge is 0.508 e. The first-order valence-corrected chi connectivity index (χ1v) is 7.24. The summed E-state index contributed by atoms with van der Waals surface area (Å²) in [6.45, 7) is 0.917. The van der Waals surface area contributed by atoms with E-state index in [0.717, 1.165) is 38.5 Å². The Hall–Kier alpha value is -1.35. The van der Waals surface area contributed by atoms with Gasteiger partial charge in [0.1, 0.15) is 12.0 Å². The van der Waals surface area contributed by atoms with Gasteiger partial charge in [-0.2, -0.15) is 0 Å². The quantitative estimate of drug-likeness (QED) is 0.802. The van der Waals surface area contributed by atoms with Crippen molar-refractivity contribution in [2.24, 2.45) is 5.92 Å². The average Bonchev–Trinajstić information content (AvgIpc) is 2.76. The summed E-state index contributed by atoms with van der Waals surface area (Å²) in [5, 5.41) is 13.1. The Bertz CT molecular complexity index is 474. The lowest BCUT2D eigenvalue weighted by atomic mass is 9.67. The number of benzene rings is 1. The SMILES string of the molecule is O=CC1NCCCC2(c3cccc(O)c3)CCCC12. The van der Waals surface area contributed by atoms with E-state index in [2.05, 4.69) is 11.4 Å². The molecule has 0 amide bonds. The second kappa shape index (κ2) is 4.97. The van der Waals surface area contributed by atoms with Crippen LogP contribution in [0.3, 0.4) is 0 Å². The molecule has 1 saturated carbocycles. The number of phenols is 1. The van der Waals surface area contributed by atoms with Crippen LogP contribution in [0.25, 0.3) is 0 Å². The Morgan fingerprint density at radius 3 is 2.95 bits per heavy atom. The molecule has 1 aromatic carbocycles. The highest BCUT2D eigenvalue weighted by molar-refractivity contribution is 5.59. The number of hydrogen-bond acceptors (Lipinski definition) is 3. The van der Waals surface area contributed by atoms with Gasteiger partial charge in [0, 0.05) is 5.41 Å². The molecule has 0 radical (unpaired) electrons. The zero-order chi connectivity index (χ0) is 13.3. The predicted octanol–water partition coefficient (Wildman–Crippen LogP) is 2.38. The van der Waals surface area contributed by atoms with Gasteiger partial charge >= 0.3 is 0 Å². The lowest BCUT2D eigenvalue weighted by Gasteiger charge is -2.37. The minimum atomic E-state index is -0.0349. The van der Waals surface area contributed by atoms with E-state index in [0.29, 0.717) is 11.7 Å². The minimum Gasteiger partial charge on any atom is -0.508 e.